The minimum absolute atomic E-state index is 0.0522. The number of amides is 2. The van der Waals surface area contributed by atoms with E-state index in [1.54, 1.807) is 37.3 Å². The number of ether oxygens (including phenoxy) is 2. The molecular weight excluding hydrogens is 508 g/mol. The van der Waals surface area contributed by atoms with Crippen molar-refractivity contribution in [3.8, 4) is 11.5 Å². The van der Waals surface area contributed by atoms with Crippen LogP contribution in [0.15, 0.2) is 47.5 Å². The maximum absolute atomic E-state index is 13.8. The fourth-order valence-corrected chi connectivity index (χ4v) is 7.45. The zero-order chi connectivity index (χ0) is 24.9. The maximum Gasteiger partial charge on any atom is 0.338 e. The molecule has 3 atom stereocenters. The molecule has 1 fully saturated rings. The number of fused-ring (bicyclic) bond motifs is 2. The molecule has 2 N–H and O–H groups in total. The van der Waals surface area contributed by atoms with Gasteiger partial charge in [-0.2, -0.15) is 0 Å². The number of nitrogens with zero attached hydrogens (tertiary/aromatic N) is 1. The Labute approximate surface area is 213 Å². The Kier molecular flexibility index (Phi) is 6.16. The molecule has 11 heteroatoms. The summed E-state index contributed by atoms with van der Waals surface area (Å²) in [5.41, 5.74) is 1.41. The first-order valence-corrected chi connectivity index (χ1v) is 12.9. The van der Waals surface area contributed by atoms with Crippen LogP contribution in [0.1, 0.15) is 33.6 Å². The quantitative estimate of drug-likeness (QED) is 0.283. The summed E-state index contributed by atoms with van der Waals surface area (Å²) in [7, 11) is 1.46. The van der Waals surface area contributed by atoms with Crippen LogP contribution in [0.25, 0.3) is 0 Å². The lowest BCUT2D eigenvalue weighted by Gasteiger charge is -2.30. The van der Waals surface area contributed by atoms with E-state index in [-0.39, 0.29) is 24.2 Å². The van der Waals surface area contributed by atoms with Gasteiger partial charge < -0.3 is 19.6 Å². The third-order valence-corrected chi connectivity index (χ3v) is 8.78. The molecule has 0 aliphatic carbocycles. The number of rotatable bonds is 5. The molecular formula is C24H20N2O6S3. The Morgan fingerprint density at radius 2 is 1.91 bits per heavy atom. The van der Waals surface area contributed by atoms with Crippen LogP contribution >= 0.6 is 35.3 Å². The van der Waals surface area contributed by atoms with Crippen molar-refractivity contribution in [2.75, 3.05) is 18.6 Å². The van der Waals surface area contributed by atoms with E-state index in [0.717, 1.165) is 9.90 Å². The van der Waals surface area contributed by atoms with Crippen molar-refractivity contribution in [3.05, 3.63) is 62.4 Å². The first-order valence-electron chi connectivity index (χ1n) is 10.8. The van der Waals surface area contributed by atoms with E-state index in [0.29, 0.717) is 26.5 Å². The molecule has 1 aromatic heterocycles. The Balaban J connectivity index is 1.56. The summed E-state index contributed by atoms with van der Waals surface area (Å²) < 4.78 is 10.7. The van der Waals surface area contributed by atoms with Crippen LogP contribution in [0, 0.1) is 9.87 Å². The van der Waals surface area contributed by atoms with Gasteiger partial charge in [0.15, 0.2) is 15.5 Å². The minimum Gasteiger partial charge on any atom is -0.504 e. The number of imide groups is 1. The second-order valence-electron chi connectivity index (χ2n) is 7.96. The highest BCUT2D eigenvalue weighted by Crippen LogP contribution is 2.54. The molecule has 1 saturated heterocycles. The molecule has 35 heavy (non-hydrogen) atoms. The number of carbonyl (C=O) groups excluding carboxylic acids is 3. The Morgan fingerprint density at radius 3 is 2.57 bits per heavy atom. The molecule has 3 aromatic rings. The summed E-state index contributed by atoms with van der Waals surface area (Å²) >= 11 is 8.01. The molecule has 0 unspecified atom stereocenters. The molecule has 8 nitrogen and oxygen atoms in total. The van der Waals surface area contributed by atoms with Gasteiger partial charge in [-0.15, -0.1) is 11.3 Å². The van der Waals surface area contributed by atoms with Gasteiger partial charge in [0.05, 0.1) is 35.9 Å². The summed E-state index contributed by atoms with van der Waals surface area (Å²) in [5.74, 6) is -2.07. The minimum atomic E-state index is -0.695. The Morgan fingerprint density at radius 1 is 1.17 bits per heavy atom. The zero-order valence-corrected chi connectivity index (χ0v) is 21.1. The van der Waals surface area contributed by atoms with Gasteiger partial charge in [0, 0.05) is 10.8 Å². The first kappa shape index (κ1) is 23.6. The number of carbonyl (C=O) groups is 3. The van der Waals surface area contributed by atoms with Crippen LogP contribution in [0.5, 0.6) is 11.5 Å². The van der Waals surface area contributed by atoms with E-state index in [1.165, 1.54) is 47.2 Å². The molecule has 0 bridgehead atoms. The highest BCUT2D eigenvalue weighted by molar-refractivity contribution is 8.01. The lowest BCUT2D eigenvalue weighted by atomic mass is 9.83. The van der Waals surface area contributed by atoms with Crippen molar-refractivity contribution in [1.82, 2.24) is 4.98 Å². The molecule has 2 aliphatic rings. The zero-order valence-electron chi connectivity index (χ0n) is 18.6. The van der Waals surface area contributed by atoms with Crippen molar-refractivity contribution in [3.63, 3.8) is 0 Å². The first-order chi connectivity index (χ1) is 16.8. The Hall–Kier alpha value is -3.15. The largest absolute Gasteiger partial charge is 0.504 e. The van der Waals surface area contributed by atoms with E-state index in [9.17, 15) is 19.5 Å². The molecule has 5 rings (SSSR count). The average molecular weight is 529 g/mol. The molecule has 0 spiro atoms. The SMILES string of the molecule is CCOC(=O)c1ccc(N2C(=O)[C@H]3[C@@H](c4ccc(OC)c(O)c4)c4sc(=S)[nH]c4S[C@@H]3C2=O)cc1. The number of aromatic hydroxyl groups is 1. The van der Waals surface area contributed by atoms with Gasteiger partial charge in [0.2, 0.25) is 11.8 Å². The number of phenols is 1. The van der Waals surface area contributed by atoms with Crippen LogP contribution in [-0.4, -0.2) is 46.8 Å². The van der Waals surface area contributed by atoms with Gasteiger partial charge in [-0.25, -0.2) is 9.69 Å². The van der Waals surface area contributed by atoms with Gasteiger partial charge in [0.25, 0.3) is 0 Å². The summed E-state index contributed by atoms with van der Waals surface area (Å²) in [4.78, 5) is 44.5. The second-order valence-corrected chi connectivity index (χ2v) is 10.8. The van der Waals surface area contributed by atoms with Gasteiger partial charge in [-0.1, -0.05) is 17.8 Å². The fraction of sp³-hybridized carbons (Fsp3) is 0.250. The molecule has 2 aliphatic heterocycles. The molecule has 0 saturated carbocycles. The lowest BCUT2D eigenvalue weighted by Crippen LogP contribution is -2.32. The van der Waals surface area contributed by atoms with Crippen LogP contribution in [0.4, 0.5) is 5.69 Å². The number of aromatic nitrogens is 1. The highest BCUT2D eigenvalue weighted by atomic mass is 32.2. The lowest BCUT2D eigenvalue weighted by molar-refractivity contribution is -0.122. The number of benzene rings is 2. The fourth-order valence-electron chi connectivity index (χ4n) is 4.49. The molecule has 2 aromatic carbocycles. The number of phenolic OH excluding ortho intramolecular Hbond substituents is 1. The van der Waals surface area contributed by atoms with Gasteiger partial charge in [-0.05, 0) is 61.1 Å². The number of hydrogen-bond acceptors (Lipinski definition) is 9. The van der Waals surface area contributed by atoms with Crippen molar-refractivity contribution < 1.29 is 29.0 Å². The maximum atomic E-state index is 13.8. The number of thiazole rings is 1. The van der Waals surface area contributed by atoms with Crippen LogP contribution in [0.3, 0.4) is 0 Å². The highest BCUT2D eigenvalue weighted by Gasteiger charge is 2.56. The van der Waals surface area contributed by atoms with E-state index in [1.807, 2.05) is 0 Å². The average Bonchev–Trinajstić information content (AvgIpc) is 3.33. The van der Waals surface area contributed by atoms with Crippen LogP contribution in [0.2, 0.25) is 0 Å². The number of H-pyrrole nitrogens is 1. The molecule has 3 heterocycles. The van der Waals surface area contributed by atoms with Gasteiger partial charge in [-0.3, -0.25) is 9.59 Å². The number of anilines is 1. The summed E-state index contributed by atoms with van der Waals surface area (Å²) in [6, 6.07) is 11.2. The number of methoxy groups -OCH3 is 1. The summed E-state index contributed by atoms with van der Waals surface area (Å²) in [6.07, 6.45) is 0. The molecule has 180 valence electrons. The number of aromatic amines is 1. The summed E-state index contributed by atoms with van der Waals surface area (Å²) in [6.45, 7) is 1.97. The van der Waals surface area contributed by atoms with Crippen molar-refractivity contribution >= 4 is 58.8 Å². The predicted molar refractivity (Wildman–Crippen MR) is 134 cm³/mol. The monoisotopic (exact) mass is 528 g/mol. The van der Waals surface area contributed by atoms with Gasteiger partial charge in [0.1, 0.15) is 5.25 Å². The van der Waals surface area contributed by atoms with Crippen LogP contribution < -0.4 is 9.64 Å². The number of esters is 1. The standard InChI is InChI=1S/C24H20N2O6S3/c1-3-32-23(30)11-4-7-13(8-5-11)26-21(28)17-16(12-6-9-15(31-2)14(27)10-12)18-20(25-24(33)35-18)34-19(17)22(26)29/h4-10,16-17,19,27H,3H2,1-2H3,(H,25,33)/t16-,17+,19+/m1/s1. The molecule has 2 amide bonds. The third kappa shape index (κ3) is 3.93. The number of hydrogen-bond donors (Lipinski definition) is 2. The predicted octanol–water partition coefficient (Wildman–Crippen LogP) is 4.49. The van der Waals surface area contributed by atoms with E-state index >= 15 is 0 Å². The normalized spacial score (nSPS) is 21.0. The molecule has 0 radical (unpaired) electrons. The number of thioether (sulfide) groups is 1. The smallest absolute Gasteiger partial charge is 0.338 e. The summed E-state index contributed by atoms with van der Waals surface area (Å²) in [5, 5.41) is 10.5. The van der Waals surface area contributed by atoms with Crippen molar-refractivity contribution in [1.29, 1.82) is 0 Å². The van der Waals surface area contributed by atoms with Crippen molar-refractivity contribution in [2.45, 2.75) is 23.1 Å². The van der Waals surface area contributed by atoms with E-state index in [2.05, 4.69) is 4.98 Å². The van der Waals surface area contributed by atoms with Crippen LogP contribution in [-0.2, 0) is 14.3 Å². The van der Waals surface area contributed by atoms with E-state index in [4.69, 9.17) is 21.7 Å². The Bertz CT molecular complexity index is 1400. The van der Waals surface area contributed by atoms with Gasteiger partial charge >= 0.3 is 5.97 Å². The third-order valence-electron chi connectivity index (χ3n) is 6.02. The van der Waals surface area contributed by atoms with E-state index < -0.39 is 23.1 Å². The van der Waals surface area contributed by atoms with Crippen molar-refractivity contribution in [2.24, 2.45) is 5.92 Å². The topological polar surface area (TPSA) is 109 Å². The second kappa shape index (κ2) is 9.14. The number of nitrogens with one attached hydrogen (secondary N) is 1.